The first-order valence-corrected chi connectivity index (χ1v) is 5.39. The van der Waals surface area contributed by atoms with Gasteiger partial charge in [-0.3, -0.25) is 0 Å². The van der Waals surface area contributed by atoms with Crippen molar-refractivity contribution in [1.29, 1.82) is 5.53 Å². The minimum atomic E-state index is -1.12. The Labute approximate surface area is 105 Å². The summed E-state index contributed by atoms with van der Waals surface area (Å²) in [6.07, 6.45) is 6.75. The van der Waals surface area contributed by atoms with Crippen LogP contribution in [0.3, 0.4) is 0 Å². The van der Waals surface area contributed by atoms with Crippen LogP contribution in [-0.4, -0.2) is 14.2 Å². The molecule has 0 saturated heterocycles. The molecule has 0 amide bonds. The summed E-state index contributed by atoms with van der Waals surface area (Å²) in [7, 11) is 3.13. The molecule has 0 spiro atoms. The highest BCUT2D eigenvalue weighted by Crippen LogP contribution is 2.37. The van der Waals surface area contributed by atoms with Crippen LogP contribution < -0.4 is 9.47 Å². The summed E-state index contributed by atoms with van der Waals surface area (Å²) < 4.78 is 15.9. The summed E-state index contributed by atoms with van der Waals surface area (Å²) >= 11 is 0. The molecule has 0 radical (unpaired) electrons. The molecular weight excluding hydrogens is 232 g/mol. The van der Waals surface area contributed by atoms with Gasteiger partial charge in [0.1, 0.15) is 0 Å². The lowest BCUT2D eigenvalue weighted by Gasteiger charge is -2.26. The van der Waals surface area contributed by atoms with Crippen molar-refractivity contribution >= 4 is 0 Å². The summed E-state index contributed by atoms with van der Waals surface area (Å²) in [5.74, 6) is 1.20. The van der Waals surface area contributed by atoms with Crippen LogP contribution in [0.15, 0.2) is 47.8 Å². The van der Waals surface area contributed by atoms with Crippen molar-refractivity contribution in [3.05, 3.63) is 48.3 Å². The molecular formula is C13H14N2O3. The molecule has 1 unspecified atom stereocenters. The highest BCUT2D eigenvalue weighted by atomic mass is 16.5. The van der Waals surface area contributed by atoms with E-state index in [1.807, 2.05) is 0 Å². The molecule has 1 atom stereocenters. The van der Waals surface area contributed by atoms with E-state index in [0.717, 1.165) is 0 Å². The number of ether oxygens (including phenoxy) is 3. The Bertz CT molecular complexity index is 511. The van der Waals surface area contributed by atoms with Gasteiger partial charge in [-0.05, 0) is 30.4 Å². The first kappa shape index (κ1) is 12.2. The van der Waals surface area contributed by atoms with Gasteiger partial charge >= 0.3 is 0 Å². The Balaban J connectivity index is 2.47. The second kappa shape index (κ2) is 4.91. The molecule has 1 aromatic carbocycles. The number of hydrogen-bond donors (Lipinski definition) is 1. The van der Waals surface area contributed by atoms with Crippen molar-refractivity contribution in [3.63, 3.8) is 0 Å². The van der Waals surface area contributed by atoms with Crippen molar-refractivity contribution in [2.24, 2.45) is 5.11 Å². The van der Waals surface area contributed by atoms with Gasteiger partial charge in [-0.25, -0.2) is 5.53 Å². The summed E-state index contributed by atoms with van der Waals surface area (Å²) in [4.78, 5) is 0. The average molecular weight is 246 g/mol. The molecule has 0 fully saturated rings. The normalized spacial score (nSPS) is 21.2. The van der Waals surface area contributed by atoms with Crippen LogP contribution in [0.4, 0.5) is 0 Å². The van der Waals surface area contributed by atoms with Crippen LogP contribution in [0.5, 0.6) is 11.5 Å². The Morgan fingerprint density at radius 3 is 2.50 bits per heavy atom. The smallest absolute Gasteiger partial charge is 0.263 e. The van der Waals surface area contributed by atoms with Crippen LogP contribution in [0.2, 0.25) is 0 Å². The second-order valence-electron chi connectivity index (χ2n) is 3.68. The van der Waals surface area contributed by atoms with E-state index in [4.69, 9.17) is 19.7 Å². The molecule has 2 rings (SSSR count). The van der Waals surface area contributed by atoms with E-state index in [-0.39, 0.29) is 0 Å². The van der Waals surface area contributed by atoms with E-state index in [1.54, 1.807) is 50.6 Å². The fourth-order valence-electron chi connectivity index (χ4n) is 1.77. The third kappa shape index (κ3) is 1.95. The van der Waals surface area contributed by atoms with Crippen LogP contribution in [-0.2, 0) is 10.5 Å². The third-order valence-electron chi connectivity index (χ3n) is 2.72. The Kier molecular flexibility index (Phi) is 3.32. The molecule has 1 heterocycles. The predicted molar refractivity (Wildman–Crippen MR) is 65.7 cm³/mol. The maximum absolute atomic E-state index is 7.35. The van der Waals surface area contributed by atoms with Crippen molar-refractivity contribution < 1.29 is 14.2 Å². The van der Waals surface area contributed by atoms with E-state index in [9.17, 15) is 0 Å². The summed E-state index contributed by atoms with van der Waals surface area (Å²) in [6, 6.07) is 5.31. The van der Waals surface area contributed by atoms with E-state index < -0.39 is 5.72 Å². The third-order valence-corrected chi connectivity index (χ3v) is 2.72. The molecule has 0 bridgehead atoms. The number of methoxy groups -OCH3 is 2. The maximum atomic E-state index is 7.35. The lowest BCUT2D eigenvalue weighted by molar-refractivity contribution is 0.0608. The largest absolute Gasteiger partial charge is 0.493 e. The summed E-state index contributed by atoms with van der Waals surface area (Å²) in [5.41, 5.74) is 6.94. The van der Waals surface area contributed by atoms with E-state index in [0.29, 0.717) is 17.1 Å². The first-order valence-electron chi connectivity index (χ1n) is 5.39. The van der Waals surface area contributed by atoms with Gasteiger partial charge in [0.2, 0.25) is 0 Å². The number of hydrogen-bond acceptors (Lipinski definition) is 5. The van der Waals surface area contributed by atoms with Gasteiger partial charge in [-0.2, -0.15) is 0 Å². The topological polar surface area (TPSA) is 63.9 Å². The predicted octanol–water partition coefficient (Wildman–Crippen LogP) is 2.99. The van der Waals surface area contributed by atoms with Crippen LogP contribution >= 0.6 is 0 Å². The van der Waals surface area contributed by atoms with Gasteiger partial charge < -0.3 is 14.2 Å². The summed E-state index contributed by atoms with van der Waals surface area (Å²) in [5, 5.41) is 3.57. The molecule has 18 heavy (non-hydrogen) atoms. The van der Waals surface area contributed by atoms with Gasteiger partial charge in [-0.15, -0.1) is 5.11 Å². The Hall–Kier alpha value is -2.30. The van der Waals surface area contributed by atoms with E-state index >= 15 is 0 Å². The van der Waals surface area contributed by atoms with Crippen molar-refractivity contribution in [2.45, 2.75) is 5.72 Å². The van der Waals surface area contributed by atoms with Gasteiger partial charge in [0.15, 0.2) is 11.5 Å². The quantitative estimate of drug-likeness (QED) is 0.830. The Morgan fingerprint density at radius 1 is 1.17 bits per heavy atom. The molecule has 5 heteroatoms. The molecule has 94 valence electrons. The van der Waals surface area contributed by atoms with Gasteiger partial charge in [0.25, 0.3) is 5.72 Å². The van der Waals surface area contributed by atoms with Crippen LogP contribution in [0.1, 0.15) is 5.56 Å². The van der Waals surface area contributed by atoms with Crippen molar-refractivity contribution in [3.8, 4) is 11.5 Å². The lowest BCUT2D eigenvalue weighted by Crippen LogP contribution is -2.23. The van der Waals surface area contributed by atoms with E-state index in [1.165, 1.54) is 6.26 Å². The molecule has 1 N–H and O–H groups in total. The summed E-state index contributed by atoms with van der Waals surface area (Å²) in [6.45, 7) is 0. The van der Waals surface area contributed by atoms with Gasteiger partial charge in [-0.1, -0.05) is 6.08 Å². The van der Waals surface area contributed by atoms with Crippen LogP contribution in [0.25, 0.3) is 0 Å². The molecule has 1 aromatic rings. The highest BCUT2D eigenvalue weighted by molar-refractivity contribution is 5.46. The fourth-order valence-corrected chi connectivity index (χ4v) is 1.77. The maximum Gasteiger partial charge on any atom is 0.263 e. The minimum Gasteiger partial charge on any atom is -0.493 e. The zero-order valence-electron chi connectivity index (χ0n) is 10.2. The first-order chi connectivity index (χ1) is 8.75. The molecule has 0 aromatic heterocycles. The molecule has 5 nitrogen and oxygen atoms in total. The van der Waals surface area contributed by atoms with Crippen molar-refractivity contribution in [2.75, 3.05) is 14.2 Å². The minimum absolute atomic E-state index is 0.574. The monoisotopic (exact) mass is 246 g/mol. The molecule has 1 aliphatic heterocycles. The second-order valence-corrected chi connectivity index (χ2v) is 3.68. The fraction of sp³-hybridized carbons (Fsp3) is 0.231. The zero-order valence-corrected chi connectivity index (χ0v) is 10.2. The number of nitrogens with one attached hydrogen (secondary N) is 1. The van der Waals surface area contributed by atoms with Crippen molar-refractivity contribution in [1.82, 2.24) is 0 Å². The zero-order chi connectivity index (χ0) is 13.0. The molecule has 0 saturated carbocycles. The molecule has 1 aliphatic rings. The number of allylic oxidation sites excluding steroid dienone is 2. The van der Waals surface area contributed by atoms with Crippen LogP contribution in [0, 0.1) is 5.53 Å². The SMILES string of the molecule is COc1ccc(C2(N=N)C=CC=CO2)cc1OC. The molecule has 0 aliphatic carbocycles. The average Bonchev–Trinajstić information content (AvgIpc) is 2.47. The lowest BCUT2D eigenvalue weighted by atomic mass is 10.0. The van der Waals surface area contributed by atoms with Gasteiger partial charge in [0, 0.05) is 5.56 Å². The standard InChI is InChI=1S/C13H14N2O3/c1-16-11-6-5-10(9-12(11)17-2)13(15-14)7-3-4-8-18-13/h3-9,14H,1-2H3. The number of nitrogens with zero attached hydrogens (tertiary/aromatic N) is 1. The highest BCUT2D eigenvalue weighted by Gasteiger charge is 2.32. The van der Waals surface area contributed by atoms with E-state index in [2.05, 4.69) is 5.11 Å². The number of rotatable bonds is 4. The number of benzene rings is 1. The Morgan fingerprint density at radius 2 is 1.94 bits per heavy atom. The van der Waals surface area contributed by atoms with Gasteiger partial charge in [0.05, 0.1) is 20.5 Å².